The molecule has 296 valence electrons. The molecule has 0 bridgehead atoms. The van der Waals surface area contributed by atoms with E-state index >= 15 is 0 Å². The molecule has 0 rings (SSSR count). The van der Waals surface area contributed by atoms with Crippen LogP contribution in [0.4, 0.5) is 0 Å². The number of aliphatic hydroxyl groups is 2. The van der Waals surface area contributed by atoms with E-state index in [1.165, 1.54) is 77.0 Å². The zero-order valence-electron chi connectivity index (χ0n) is 35.0. The highest BCUT2D eigenvalue weighted by atomic mass is 28.5. The van der Waals surface area contributed by atoms with Crippen molar-refractivity contribution in [3.8, 4) is 0 Å². The van der Waals surface area contributed by atoms with Gasteiger partial charge in [0, 0.05) is 13.2 Å². The van der Waals surface area contributed by atoms with Crippen molar-refractivity contribution in [3.63, 3.8) is 0 Å². The summed E-state index contributed by atoms with van der Waals surface area (Å²) in [4.78, 5) is 0. The Kier molecular flexibility index (Phi) is 26.3. The number of hydrogen-bond acceptors (Lipinski definition) is 6. The number of likely N-dealkylation sites (N-methyl/N-ethyl adjacent to an activating group) is 2. The van der Waals surface area contributed by atoms with E-state index < -0.39 is 37.4 Å². The second-order valence-corrected chi connectivity index (χ2v) is 30.5. The lowest BCUT2D eigenvalue weighted by molar-refractivity contribution is -0.893. The molecule has 11 heteroatoms. The van der Waals surface area contributed by atoms with Crippen LogP contribution in [0.3, 0.4) is 0 Å². The summed E-state index contributed by atoms with van der Waals surface area (Å²) in [6, 6.07) is 2.05. The van der Waals surface area contributed by atoms with Gasteiger partial charge in [0.1, 0.15) is 25.3 Å². The fourth-order valence-electron chi connectivity index (χ4n) is 7.16. The first kappa shape index (κ1) is 49.3. The molecule has 0 saturated carbocycles. The summed E-state index contributed by atoms with van der Waals surface area (Å²) in [6.07, 6.45) is 16.7. The third-order valence-electron chi connectivity index (χ3n) is 9.44. The highest BCUT2D eigenvalue weighted by Gasteiger charge is 2.39. The Bertz CT molecular complexity index is 739. The van der Waals surface area contributed by atoms with E-state index in [9.17, 15) is 10.2 Å². The van der Waals surface area contributed by atoms with E-state index in [-0.39, 0.29) is 0 Å². The Labute approximate surface area is 309 Å². The Hall–Kier alpha value is 0.331. The molecule has 2 unspecified atom stereocenters. The quantitative estimate of drug-likeness (QED) is 0.0390. The van der Waals surface area contributed by atoms with Crippen molar-refractivity contribution < 1.29 is 36.9 Å². The molecule has 0 radical (unpaired) electrons. The van der Waals surface area contributed by atoms with Gasteiger partial charge in [-0.1, -0.05) is 65.2 Å². The van der Waals surface area contributed by atoms with E-state index in [4.69, 9.17) is 17.7 Å². The first-order valence-corrected chi connectivity index (χ1v) is 29.3. The van der Waals surface area contributed by atoms with Crippen molar-refractivity contribution in [2.45, 2.75) is 167 Å². The fraction of sp³-hybridized carbons (Fsp3) is 1.00. The molecule has 2 N–H and O–H groups in total. The Balaban J connectivity index is 4.26. The van der Waals surface area contributed by atoms with Crippen LogP contribution >= 0.6 is 0 Å². The molecule has 2 atom stereocenters. The third kappa shape index (κ3) is 30.5. The van der Waals surface area contributed by atoms with Crippen LogP contribution in [0.15, 0.2) is 0 Å². The molecule has 8 nitrogen and oxygen atoms in total. The van der Waals surface area contributed by atoms with Gasteiger partial charge < -0.3 is 36.9 Å². The van der Waals surface area contributed by atoms with Crippen LogP contribution in [-0.2, 0) is 17.7 Å². The summed E-state index contributed by atoms with van der Waals surface area (Å²) in [5, 5.41) is 21.2. The van der Waals surface area contributed by atoms with Gasteiger partial charge in [-0.25, -0.2) is 0 Å². The van der Waals surface area contributed by atoms with Crippen molar-refractivity contribution in [2.75, 3.05) is 80.8 Å². The highest BCUT2D eigenvalue weighted by molar-refractivity contribution is 6.87. The molecule has 0 aliphatic carbocycles. The first-order chi connectivity index (χ1) is 22.7. The van der Waals surface area contributed by atoms with Crippen molar-refractivity contribution >= 4 is 25.2 Å². The molecule has 0 aliphatic heterocycles. The third-order valence-corrected chi connectivity index (χ3v) is 20.9. The van der Waals surface area contributed by atoms with Crippen molar-refractivity contribution in [1.82, 2.24) is 0 Å². The van der Waals surface area contributed by atoms with Crippen LogP contribution in [-0.4, -0.2) is 137 Å². The zero-order valence-corrected chi connectivity index (χ0v) is 38.0. The van der Waals surface area contributed by atoms with Gasteiger partial charge >= 0.3 is 8.56 Å². The Morgan fingerprint density at radius 3 is 1.16 bits per heavy atom. The topological polar surface area (TPSA) is 77.4 Å². The molecule has 0 aromatic rings. The van der Waals surface area contributed by atoms with Crippen LogP contribution in [0.25, 0.3) is 0 Å². The summed E-state index contributed by atoms with van der Waals surface area (Å²) in [6.45, 7) is 23.9. The standard InChI is InChI=1S/C38H88N2O6Si3/c1-13-15-17-19-21-23-27-39(3,4)33-37(41)35-43-29-25-31-47(7,8)45-49(11,12)46-48(9,10)32-26-30-44-36-38(42)34-40(5,6)28-24-22-20-18-16-14-2/h37-38,41-42H,13-36H2,1-12H3/q+2. The maximum absolute atomic E-state index is 10.6. The number of ether oxygens (including phenoxy) is 2. The Morgan fingerprint density at radius 2 is 0.816 bits per heavy atom. The van der Waals surface area contributed by atoms with Gasteiger partial charge in [0.15, 0.2) is 16.6 Å². The lowest BCUT2D eigenvalue weighted by Crippen LogP contribution is -2.52. The minimum atomic E-state index is -2.28. The van der Waals surface area contributed by atoms with Gasteiger partial charge in [-0.2, -0.15) is 0 Å². The predicted octanol–water partition coefficient (Wildman–Crippen LogP) is 8.54. The average molecular weight is 753 g/mol. The van der Waals surface area contributed by atoms with Crippen molar-refractivity contribution in [2.24, 2.45) is 0 Å². The largest absolute Gasteiger partial charge is 0.437 e. The van der Waals surface area contributed by atoms with E-state index in [0.29, 0.717) is 26.4 Å². The summed E-state index contributed by atoms with van der Waals surface area (Å²) in [5.74, 6) is 0. The van der Waals surface area contributed by atoms with Crippen LogP contribution < -0.4 is 0 Å². The number of aliphatic hydroxyl groups excluding tert-OH is 2. The number of rotatable bonds is 34. The monoisotopic (exact) mass is 753 g/mol. The number of hydrogen-bond donors (Lipinski definition) is 2. The van der Waals surface area contributed by atoms with Crippen LogP contribution in [0, 0.1) is 0 Å². The normalized spacial score (nSPS) is 14.8. The molecule has 0 aliphatic rings. The van der Waals surface area contributed by atoms with Crippen LogP contribution in [0.5, 0.6) is 0 Å². The minimum Gasteiger partial charge on any atom is -0.437 e. The van der Waals surface area contributed by atoms with E-state index in [0.717, 1.165) is 60.1 Å². The van der Waals surface area contributed by atoms with Crippen molar-refractivity contribution in [3.05, 3.63) is 0 Å². The van der Waals surface area contributed by atoms with E-state index in [1.54, 1.807) is 0 Å². The van der Waals surface area contributed by atoms with Crippen LogP contribution in [0.2, 0.25) is 51.4 Å². The molecule has 0 saturated heterocycles. The number of unbranched alkanes of at least 4 members (excludes halogenated alkanes) is 10. The van der Waals surface area contributed by atoms with Crippen LogP contribution in [0.1, 0.15) is 104 Å². The zero-order chi connectivity index (χ0) is 37.5. The molecule has 49 heavy (non-hydrogen) atoms. The molecule has 0 amide bonds. The number of quaternary nitrogens is 2. The molecular weight excluding hydrogens is 665 g/mol. The minimum absolute atomic E-state index is 0.406. The summed E-state index contributed by atoms with van der Waals surface area (Å²) in [7, 11) is 2.76. The molecule has 0 aromatic heterocycles. The second kappa shape index (κ2) is 26.2. The molecule has 0 spiro atoms. The molecular formula is C38H88N2O6Si3+2. The maximum atomic E-state index is 10.6. The predicted molar refractivity (Wildman–Crippen MR) is 218 cm³/mol. The van der Waals surface area contributed by atoms with Gasteiger partial charge in [-0.05, 0) is 89.9 Å². The second-order valence-electron chi connectivity index (χ2n) is 18.0. The average Bonchev–Trinajstić information content (AvgIpc) is 2.94. The molecule has 0 fully saturated rings. The summed E-state index contributed by atoms with van der Waals surface area (Å²) < 4.78 is 27.1. The number of nitrogens with zero attached hydrogens (tertiary/aromatic N) is 2. The SMILES string of the molecule is CCCCCCCC[N+](C)(C)CC(O)COCCC[Si](C)(C)O[Si](C)(C)O[Si](C)(C)CCCOCC(O)C[N+](C)(C)CCCCCCCC. The van der Waals surface area contributed by atoms with Gasteiger partial charge in [0.2, 0.25) is 0 Å². The molecule has 0 aromatic carbocycles. The van der Waals surface area contributed by atoms with Crippen molar-refractivity contribution in [1.29, 1.82) is 0 Å². The van der Waals surface area contributed by atoms with Gasteiger partial charge in [0.05, 0.1) is 54.5 Å². The molecule has 0 heterocycles. The smallest absolute Gasteiger partial charge is 0.311 e. The van der Waals surface area contributed by atoms with Gasteiger partial charge in [-0.15, -0.1) is 0 Å². The first-order valence-electron chi connectivity index (χ1n) is 20.3. The van der Waals surface area contributed by atoms with E-state index in [1.807, 2.05) is 0 Å². The Morgan fingerprint density at radius 1 is 0.490 bits per heavy atom. The fourth-order valence-corrected chi connectivity index (χ4v) is 21.2. The maximum Gasteiger partial charge on any atom is 0.311 e. The summed E-state index contributed by atoms with van der Waals surface area (Å²) in [5.41, 5.74) is 0. The lowest BCUT2D eigenvalue weighted by Gasteiger charge is -2.38. The summed E-state index contributed by atoms with van der Waals surface area (Å²) >= 11 is 0. The van der Waals surface area contributed by atoms with E-state index in [2.05, 4.69) is 81.3 Å². The van der Waals surface area contributed by atoms with Gasteiger partial charge in [0.25, 0.3) is 0 Å². The highest BCUT2D eigenvalue weighted by Crippen LogP contribution is 2.26. The lowest BCUT2D eigenvalue weighted by atomic mass is 10.1. The van der Waals surface area contributed by atoms with Gasteiger partial charge in [-0.3, -0.25) is 0 Å².